The third-order valence-corrected chi connectivity index (χ3v) is 9.86. The van der Waals surface area contributed by atoms with E-state index in [0.29, 0.717) is 55.8 Å². The Morgan fingerprint density at radius 2 is 1.77 bits per heavy atom. The minimum atomic E-state index is -0.642. The summed E-state index contributed by atoms with van der Waals surface area (Å²) >= 11 is 0. The number of oxazole rings is 1. The van der Waals surface area contributed by atoms with Gasteiger partial charge in [-0.15, -0.1) is 0 Å². The first-order valence-electron chi connectivity index (χ1n) is 17.1. The van der Waals surface area contributed by atoms with Crippen LogP contribution in [0.3, 0.4) is 0 Å². The maximum absolute atomic E-state index is 14.3. The molecule has 252 valence electrons. The van der Waals surface area contributed by atoms with E-state index in [0.717, 1.165) is 72.8 Å². The Morgan fingerprint density at radius 3 is 2.45 bits per heavy atom. The van der Waals surface area contributed by atoms with Gasteiger partial charge < -0.3 is 24.3 Å². The van der Waals surface area contributed by atoms with Gasteiger partial charge in [-0.1, -0.05) is 0 Å². The van der Waals surface area contributed by atoms with Crippen molar-refractivity contribution in [2.75, 3.05) is 25.1 Å². The lowest BCUT2D eigenvalue weighted by atomic mass is 9.79. The van der Waals surface area contributed by atoms with Crippen LogP contribution in [0.15, 0.2) is 41.1 Å². The predicted molar refractivity (Wildman–Crippen MR) is 176 cm³/mol. The standard InChI is InChI=1S/C36H47N5O6/c1-22(42)19-38-36(44)47-29-12-10-27(11-13-29)35(43)41(33-18-28(16-17-37-33)31-21-46-34(40-31)26-8-9-26)20-24-4-6-25(7-5-24)30-14-15-32(45-3)23(2)39-30/h14-18,21-22,24-27,29,42H,4-13,19-20H2,1-3H3,(H,38,44)/t22-,24?,25?,27?,29?/m1/s1. The zero-order valence-electron chi connectivity index (χ0n) is 27.7. The van der Waals surface area contributed by atoms with Gasteiger partial charge in [0.15, 0.2) is 5.89 Å². The second-order valence-electron chi connectivity index (χ2n) is 13.5. The molecule has 3 aromatic rings. The Balaban J connectivity index is 1.14. The van der Waals surface area contributed by atoms with Crippen LogP contribution in [-0.4, -0.2) is 64.5 Å². The molecule has 2 amide bonds. The van der Waals surface area contributed by atoms with E-state index in [-0.39, 0.29) is 24.5 Å². The van der Waals surface area contributed by atoms with E-state index in [4.69, 9.17) is 28.8 Å². The number of hydrogen-bond donors (Lipinski definition) is 2. The lowest BCUT2D eigenvalue weighted by molar-refractivity contribution is -0.124. The SMILES string of the molecule is COc1ccc(C2CCC(CN(C(=O)C3CCC(OC(=O)NC[C@@H](C)O)CC3)c3cc(-c4coc(C5CC5)n4)ccn3)CC2)nc1C. The summed E-state index contributed by atoms with van der Waals surface area (Å²) in [5.41, 5.74) is 3.66. The predicted octanol–water partition coefficient (Wildman–Crippen LogP) is 6.30. The number of ether oxygens (including phenoxy) is 2. The van der Waals surface area contributed by atoms with Crippen molar-refractivity contribution in [2.45, 2.75) is 102 Å². The minimum absolute atomic E-state index is 0.0695. The summed E-state index contributed by atoms with van der Waals surface area (Å²) in [6.07, 6.45) is 10.8. The number of aliphatic hydroxyl groups excluding tert-OH is 1. The number of aromatic nitrogens is 3. The number of pyridine rings is 2. The van der Waals surface area contributed by atoms with Crippen molar-refractivity contribution in [2.24, 2.45) is 11.8 Å². The molecule has 0 radical (unpaired) electrons. The number of hydrogen-bond acceptors (Lipinski definition) is 9. The van der Waals surface area contributed by atoms with Crippen molar-refractivity contribution in [1.29, 1.82) is 0 Å². The zero-order valence-corrected chi connectivity index (χ0v) is 27.7. The number of nitrogens with one attached hydrogen (secondary N) is 1. The summed E-state index contributed by atoms with van der Waals surface area (Å²) in [7, 11) is 1.67. The van der Waals surface area contributed by atoms with Gasteiger partial charge in [0, 0.05) is 48.3 Å². The maximum atomic E-state index is 14.3. The Morgan fingerprint density at radius 1 is 1.02 bits per heavy atom. The second-order valence-corrected chi connectivity index (χ2v) is 13.5. The van der Waals surface area contributed by atoms with Gasteiger partial charge in [-0.25, -0.2) is 14.8 Å². The number of nitrogens with zero attached hydrogens (tertiary/aromatic N) is 4. The fourth-order valence-electron chi connectivity index (χ4n) is 6.94. The summed E-state index contributed by atoms with van der Waals surface area (Å²) < 4.78 is 16.7. The van der Waals surface area contributed by atoms with Gasteiger partial charge in [0.25, 0.3) is 0 Å². The zero-order chi connectivity index (χ0) is 32.9. The number of rotatable bonds is 11. The van der Waals surface area contributed by atoms with E-state index in [9.17, 15) is 14.7 Å². The van der Waals surface area contributed by atoms with Crippen LogP contribution >= 0.6 is 0 Å². The molecule has 0 spiro atoms. The third kappa shape index (κ3) is 8.30. The first kappa shape index (κ1) is 32.9. The molecule has 0 saturated heterocycles. The van der Waals surface area contributed by atoms with E-state index in [1.54, 1.807) is 26.5 Å². The average Bonchev–Trinajstić information content (AvgIpc) is 3.82. The monoisotopic (exact) mass is 645 g/mol. The van der Waals surface area contributed by atoms with Crippen LogP contribution in [0.1, 0.15) is 100 Å². The van der Waals surface area contributed by atoms with Crippen LogP contribution < -0.4 is 15.0 Å². The van der Waals surface area contributed by atoms with E-state index in [1.165, 1.54) is 0 Å². The summed E-state index contributed by atoms with van der Waals surface area (Å²) in [6.45, 7) is 4.33. The van der Waals surface area contributed by atoms with Gasteiger partial charge in [0.2, 0.25) is 5.91 Å². The molecule has 1 atom stereocenters. The largest absolute Gasteiger partial charge is 0.495 e. The topological polar surface area (TPSA) is 140 Å². The fourth-order valence-corrected chi connectivity index (χ4v) is 6.94. The Hall–Kier alpha value is -3.99. The smallest absolute Gasteiger partial charge is 0.407 e. The van der Waals surface area contributed by atoms with E-state index in [2.05, 4.69) is 11.4 Å². The lowest BCUT2D eigenvalue weighted by Crippen LogP contribution is -2.43. The van der Waals surface area contributed by atoms with E-state index >= 15 is 0 Å². The third-order valence-electron chi connectivity index (χ3n) is 9.86. The number of methoxy groups -OCH3 is 1. The highest BCUT2D eigenvalue weighted by Gasteiger charge is 2.35. The minimum Gasteiger partial charge on any atom is -0.495 e. The highest BCUT2D eigenvalue weighted by Crippen LogP contribution is 2.41. The number of aryl methyl sites for hydroxylation is 1. The molecule has 3 fully saturated rings. The van der Waals surface area contributed by atoms with Gasteiger partial charge in [-0.3, -0.25) is 14.7 Å². The molecule has 0 aromatic carbocycles. The van der Waals surface area contributed by atoms with E-state index < -0.39 is 12.2 Å². The first-order chi connectivity index (χ1) is 22.8. The maximum Gasteiger partial charge on any atom is 0.407 e. The van der Waals surface area contributed by atoms with Crippen LogP contribution in [0.25, 0.3) is 11.3 Å². The van der Waals surface area contributed by atoms with Crippen LogP contribution in [-0.2, 0) is 9.53 Å². The van der Waals surface area contributed by atoms with Gasteiger partial charge in [-0.2, -0.15) is 0 Å². The van der Waals surface area contributed by atoms with Crippen molar-refractivity contribution in [3.8, 4) is 17.0 Å². The molecular formula is C36H47N5O6. The molecule has 11 heteroatoms. The van der Waals surface area contributed by atoms with E-state index in [1.807, 2.05) is 30.0 Å². The molecule has 6 rings (SSSR count). The highest BCUT2D eigenvalue weighted by atomic mass is 16.6. The quantitative estimate of drug-likeness (QED) is 0.246. The number of carbonyl (C=O) groups excluding carboxylic acids is 2. The molecule has 11 nitrogen and oxygen atoms in total. The Bertz CT molecular complexity index is 1520. The molecule has 47 heavy (non-hydrogen) atoms. The molecule has 2 N–H and O–H groups in total. The van der Waals surface area contributed by atoms with Crippen LogP contribution in [0.4, 0.5) is 10.6 Å². The molecule has 3 heterocycles. The van der Waals surface area contributed by atoms with Crippen molar-refractivity contribution >= 4 is 17.8 Å². The number of aliphatic hydroxyl groups is 1. The van der Waals surface area contributed by atoms with Crippen molar-refractivity contribution < 1.29 is 28.6 Å². The highest BCUT2D eigenvalue weighted by molar-refractivity contribution is 5.94. The summed E-state index contributed by atoms with van der Waals surface area (Å²) in [5, 5.41) is 12.0. The fraction of sp³-hybridized carbons (Fsp3) is 0.583. The first-order valence-corrected chi connectivity index (χ1v) is 17.1. The molecule has 3 aliphatic rings. The molecule has 0 unspecified atom stereocenters. The molecule has 3 saturated carbocycles. The van der Waals surface area contributed by atoms with Crippen LogP contribution in [0.5, 0.6) is 5.75 Å². The average molecular weight is 646 g/mol. The van der Waals surface area contributed by atoms with Crippen molar-refractivity contribution in [3.05, 3.63) is 54.0 Å². The molecule has 0 bridgehead atoms. The van der Waals surface area contributed by atoms with Gasteiger partial charge in [-0.05, 0) is 108 Å². The number of alkyl carbamates (subject to hydrolysis) is 1. The molecule has 3 aromatic heterocycles. The molecule has 0 aliphatic heterocycles. The Kier molecular flexibility index (Phi) is 10.4. The molecule has 3 aliphatic carbocycles. The van der Waals surface area contributed by atoms with Gasteiger partial charge in [0.05, 0.1) is 18.9 Å². The molecular weight excluding hydrogens is 598 g/mol. The summed E-state index contributed by atoms with van der Waals surface area (Å²) in [4.78, 5) is 42.6. The van der Waals surface area contributed by atoms with Crippen molar-refractivity contribution in [3.63, 3.8) is 0 Å². The van der Waals surface area contributed by atoms with Crippen molar-refractivity contribution in [1.82, 2.24) is 20.3 Å². The summed E-state index contributed by atoms with van der Waals surface area (Å²) in [6, 6.07) is 7.97. The Labute approximate surface area is 276 Å². The van der Waals surface area contributed by atoms with Crippen LogP contribution in [0.2, 0.25) is 0 Å². The summed E-state index contributed by atoms with van der Waals surface area (Å²) in [5.74, 6) is 3.25. The van der Waals surface area contributed by atoms with Gasteiger partial charge >= 0.3 is 6.09 Å². The lowest BCUT2D eigenvalue weighted by Gasteiger charge is -2.35. The van der Waals surface area contributed by atoms with Gasteiger partial charge in [0.1, 0.15) is 29.6 Å². The number of anilines is 1. The second kappa shape index (κ2) is 14.8. The van der Waals surface area contributed by atoms with Crippen LogP contribution in [0, 0.1) is 18.8 Å². The number of carbonyl (C=O) groups is 2. The number of amides is 2. The normalized spacial score (nSPS) is 23.5.